The Morgan fingerprint density at radius 1 is 0.352 bits per heavy atom. The molecule has 0 saturated carbocycles. The molecule has 11 aromatic rings. The molecule has 0 radical (unpaired) electrons. The molecule has 3 heterocycles. The monoisotopic (exact) mass is 690 g/mol. The first-order valence-electron chi connectivity index (χ1n) is 18.1. The summed E-state index contributed by atoms with van der Waals surface area (Å²) in [5.74, 6) is 1.82. The van der Waals surface area contributed by atoms with Crippen molar-refractivity contribution in [3.8, 4) is 51.0 Å². The third-order valence-corrected chi connectivity index (χ3v) is 10.4. The van der Waals surface area contributed by atoms with Crippen LogP contribution in [0.1, 0.15) is 0 Å². The van der Waals surface area contributed by atoms with Crippen LogP contribution in [0.3, 0.4) is 0 Å². The van der Waals surface area contributed by atoms with Crippen molar-refractivity contribution in [1.82, 2.24) is 19.5 Å². The number of furan rings is 1. The molecule has 0 bridgehead atoms. The molecule has 3 aromatic heterocycles. The van der Waals surface area contributed by atoms with E-state index in [9.17, 15) is 0 Å². The number of benzene rings is 8. The molecule has 0 aliphatic carbocycles. The second-order valence-corrected chi connectivity index (χ2v) is 13.7. The Balaban J connectivity index is 1.19. The van der Waals surface area contributed by atoms with Crippen LogP contribution in [0.2, 0.25) is 0 Å². The van der Waals surface area contributed by atoms with Crippen LogP contribution in [0.4, 0.5) is 0 Å². The Morgan fingerprint density at radius 2 is 0.889 bits per heavy atom. The van der Waals surface area contributed by atoms with E-state index in [0.717, 1.165) is 66.5 Å². The average Bonchev–Trinajstić information content (AvgIpc) is 3.78. The summed E-state index contributed by atoms with van der Waals surface area (Å²) in [5, 5.41) is 6.79. The lowest BCUT2D eigenvalue weighted by Gasteiger charge is -2.13. The minimum Gasteiger partial charge on any atom is -0.454 e. The van der Waals surface area contributed by atoms with Gasteiger partial charge in [0.15, 0.2) is 23.1 Å². The zero-order chi connectivity index (χ0) is 35.6. The highest BCUT2D eigenvalue weighted by Crippen LogP contribution is 2.41. The van der Waals surface area contributed by atoms with Crippen LogP contribution >= 0.6 is 0 Å². The van der Waals surface area contributed by atoms with Crippen LogP contribution in [0.5, 0.6) is 0 Å². The first kappa shape index (κ1) is 30.3. The van der Waals surface area contributed by atoms with Gasteiger partial charge in [-0.2, -0.15) is 0 Å². The average molecular weight is 691 g/mol. The van der Waals surface area contributed by atoms with Gasteiger partial charge >= 0.3 is 0 Å². The third kappa shape index (κ3) is 4.90. The highest BCUT2D eigenvalue weighted by Gasteiger charge is 2.22. The molecular formula is C49H30N4O. The zero-order valence-corrected chi connectivity index (χ0v) is 29.0. The second-order valence-electron chi connectivity index (χ2n) is 13.7. The molecule has 8 aromatic carbocycles. The Bertz CT molecular complexity index is 3200. The molecular weight excluding hydrogens is 661 g/mol. The number of hydrogen-bond acceptors (Lipinski definition) is 4. The lowest BCUT2D eigenvalue weighted by molar-refractivity contribution is 0.666. The molecule has 0 amide bonds. The van der Waals surface area contributed by atoms with Crippen molar-refractivity contribution in [2.45, 2.75) is 0 Å². The maximum atomic E-state index is 6.74. The quantitative estimate of drug-likeness (QED) is 0.180. The summed E-state index contributed by atoms with van der Waals surface area (Å²) >= 11 is 0. The predicted octanol–water partition coefficient (Wildman–Crippen LogP) is 12.7. The Morgan fingerprint density at radius 3 is 1.63 bits per heavy atom. The van der Waals surface area contributed by atoms with Gasteiger partial charge in [0.1, 0.15) is 5.58 Å². The molecule has 0 aliphatic heterocycles. The minimum absolute atomic E-state index is 0.589. The van der Waals surface area contributed by atoms with E-state index in [-0.39, 0.29) is 0 Å². The number of rotatable bonds is 5. The molecule has 0 unspecified atom stereocenters. The van der Waals surface area contributed by atoms with Gasteiger partial charge in [-0.25, -0.2) is 15.0 Å². The van der Waals surface area contributed by atoms with Gasteiger partial charge in [-0.1, -0.05) is 146 Å². The lowest BCUT2D eigenvalue weighted by atomic mass is 10.0. The molecule has 0 N–H and O–H groups in total. The molecule has 11 rings (SSSR count). The Kier molecular flexibility index (Phi) is 6.79. The van der Waals surface area contributed by atoms with E-state index in [0.29, 0.717) is 17.5 Å². The van der Waals surface area contributed by atoms with Crippen molar-refractivity contribution in [3.63, 3.8) is 0 Å². The number of nitrogens with zero attached hydrogens (tertiary/aromatic N) is 4. The largest absolute Gasteiger partial charge is 0.454 e. The van der Waals surface area contributed by atoms with E-state index in [4.69, 9.17) is 19.4 Å². The third-order valence-electron chi connectivity index (χ3n) is 10.4. The van der Waals surface area contributed by atoms with Crippen molar-refractivity contribution >= 4 is 54.5 Å². The standard InChI is InChI=1S/C49H30N4O/c1-3-13-31(14-4-1)32-23-25-34(26-24-32)48-50-47(33-15-5-2-6-16-33)51-49(52-48)37-28-41-39-20-10-12-22-45(39)54-46(41)44(30-37)53-42-21-11-9-19-38(42)40-27-35-17-7-8-18-36(35)29-43(40)53/h1-30H. The highest BCUT2D eigenvalue weighted by molar-refractivity contribution is 6.16. The summed E-state index contributed by atoms with van der Waals surface area (Å²) in [6, 6.07) is 63.3. The Labute approximate surface area is 310 Å². The van der Waals surface area contributed by atoms with Gasteiger partial charge in [0, 0.05) is 38.2 Å². The first-order valence-corrected chi connectivity index (χ1v) is 18.1. The van der Waals surface area contributed by atoms with Gasteiger partial charge in [-0.05, 0) is 58.3 Å². The lowest BCUT2D eigenvalue weighted by Crippen LogP contribution is -2.01. The van der Waals surface area contributed by atoms with Gasteiger partial charge in [-0.15, -0.1) is 0 Å². The number of aromatic nitrogens is 4. The Hall–Kier alpha value is -7.37. The van der Waals surface area contributed by atoms with Crippen molar-refractivity contribution in [2.75, 3.05) is 0 Å². The SMILES string of the molecule is c1ccc(-c2ccc(-c3nc(-c4ccccc4)nc(-c4cc(-n5c6ccccc6c6cc7ccccc7cc65)c5oc6ccccc6c5c4)n3)cc2)cc1. The topological polar surface area (TPSA) is 56.7 Å². The summed E-state index contributed by atoms with van der Waals surface area (Å²) in [6.45, 7) is 0. The predicted molar refractivity (Wildman–Crippen MR) is 221 cm³/mol. The summed E-state index contributed by atoms with van der Waals surface area (Å²) in [4.78, 5) is 15.4. The van der Waals surface area contributed by atoms with E-state index < -0.39 is 0 Å². The summed E-state index contributed by atoms with van der Waals surface area (Å²) < 4.78 is 9.08. The van der Waals surface area contributed by atoms with E-state index >= 15 is 0 Å². The van der Waals surface area contributed by atoms with Crippen LogP contribution in [-0.4, -0.2) is 19.5 Å². The highest BCUT2D eigenvalue weighted by atomic mass is 16.3. The molecule has 54 heavy (non-hydrogen) atoms. The molecule has 0 aliphatic rings. The number of hydrogen-bond donors (Lipinski definition) is 0. The molecule has 0 spiro atoms. The van der Waals surface area contributed by atoms with Crippen LogP contribution < -0.4 is 0 Å². The van der Waals surface area contributed by atoms with Crippen LogP contribution in [0, 0.1) is 0 Å². The number of fused-ring (bicyclic) bond motifs is 7. The second kappa shape index (κ2) is 12.1. The maximum absolute atomic E-state index is 6.74. The van der Waals surface area contributed by atoms with Crippen LogP contribution in [0.15, 0.2) is 186 Å². The summed E-state index contributed by atoms with van der Waals surface area (Å²) in [7, 11) is 0. The van der Waals surface area contributed by atoms with Gasteiger partial charge in [0.05, 0.1) is 16.7 Å². The normalized spacial score (nSPS) is 11.7. The summed E-state index contributed by atoms with van der Waals surface area (Å²) in [6.07, 6.45) is 0. The first-order chi connectivity index (χ1) is 26.7. The maximum Gasteiger partial charge on any atom is 0.164 e. The molecule has 252 valence electrons. The van der Waals surface area contributed by atoms with Crippen molar-refractivity contribution in [3.05, 3.63) is 182 Å². The van der Waals surface area contributed by atoms with E-state index in [1.807, 2.05) is 48.5 Å². The molecule has 0 fully saturated rings. The summed E-state index contributed by atoms with van der Waals surface area (Å²) in [5.41, 5.74) is 9.78. The van der Waals surface area contributed by atoms with Crippen molar-refractivity contribution < 1.29 is 4.42 Å². The smallest absolute Gasteiger partial charge is 0.164 e. The van der Waals surface area contributed by atoms with Gasteiger partial charge in [0.25, 0.3) is 0 Å². The molecule has 0 atom stereocenters. The zero-order valence-electron chi connectivity index (χ0n) is 29.0. The fraction of sp³-hybridized carbons (Fsp3) is 0. The van der Waals surface area contributed by atoms with Gasteiger partial charge in [-0.3, -0.25) is 0 Å². The molecule has 5 nitrogen and oxygen atoms in total. The van der Waals surface area contributed by atoms with Gasteiger partial charge in [0.2, 0.25) is 0 Å². The van der Waals surface area contributed by atoms with Crippen LogP contribution in [0.25, 0.3) is 105 Å². The van der Waals surface area contributed by atoms with E-state index in [2.05, 4.69) is 138 Å². The minimum atomic E-state index is 0.589. The van der Waals surface area contributed by atoms with Crippen molar-refractivity contribution in [2.24, 2.45) is 0 Å². The van der Waals surface area contributed by atoms with Gasteiger partial charge < -0.3 is 8.98 Å². The van der Waals surface area contributed by atoms with E-state index in [1.165, 1.54) is 21.5 Å². The number of para-hydroxylation sites is 2. The molecule has 0 saturated heterocycles. The van der Waals surface area contributed by atoms with Crippen LogP contribution in [-0.2, 0) is 0 Å². The fourth-order valence-corrected chi connectivity index (χ4v) is 7.81. The fourth-order valence-electron chi connectivity index (χ4n) is 7.81. The van der Waals surface area contributed by atoms with E-state index in [1.54, 1.807) is 0 Å². The van der Waals surface area contributed by atoms with Crippen molar-refractivity contribution in [1.29, 1.82) is 0 Å². The molecule has 5 heteroatoms.